The first-order valence-electron chi connectivity index (χ1n) is 12.9. The van der Waals surface area contributed by atoms with Crippen LogP contribution >= 0.6 is 0 Å². The van der Waals surface area contributed by atoms with E-state index < -0.39 is 23.4 Å². The van der Waals surface area contributed by atoms with E-state index in [1.54, 1.807) is 38.7 Å². The Morgan fingerprint density at radius 1 is 1.13 bits per heavy atom. The zero-order valence-electron chi connectivity index (χ0n) is 22.8. The van der Waals surface area contributed by atoms with Gasteiger partial charge in [-0.05, 0) is 77.3 Å². The Kier molecular flexibility index (Phi) is 7.81. The quantitative estimate of drug-likeness (QED) is 0.365. The molecule has 3 heterocycles. The Morgan fingerprint density at radius 3 is 2.44 bits per heavy atom. The number of ether oxygens (including phenoxy) is 1. The third kappa shape index (κ3) is 6.82. The normalized spacial score (nSPS) is 14.9. The molecule has 4 rings (SSSR count). The number of amides is 1. The summed E-state index contributed by atoms with van der Waals surface area (Å²) in [5.41, 5.74) is 0.675. The first kappa shape index (κ1) is 28.3. The minimum absolute atomic E-state index is 0.107. The number of halogens is 3. The van der Waals surface area contributed by atoms with Gasteiger partial charge in [0.1, 0.15) is 11.4 Å². The molecule has 0 atom stereocenters. The second kappa shape index (κ2) is 10.8. The summed E-state index contributed by atoms with van der Waals surface area (Å²) in [4.78, 5) is 33.5. The molecule has 1 aliphatic heterocycles. The number of rotatable bonds is 5. The first-order valence-corrected chi connectivity index (χ1v) is 12.9. The molecule has 8 nitrogen and oxygen atoms in total. The number of nitrogens with zero attached hydrogens (tertiary/aromatic N) is 2. The van der Waals surface area contributed by atoms with Gasteiger partial charge in [-0.2, -0.15) is 13.2 Å². The second-order valence-corrected chi connectivity index (χ2v) is 11.0. The van der Waals surface area contributed by atoms with Crippen LogP contribution in [0.15, 0.2) is 35.3 Å². The van der Waals surface area contributed by atoms with Gasteiger partial charge in [-0.3, -0.25) is 4.79 Å². The molecule has 3 aromatic rings. The van der Waals surface area contributed by atoms with Crippen molar-refractivity contribution in [3.8, 4) is 0 Å². The molecule has 0 bridgehead atoms. The van der Waals surface area contributed by atoms with Crippen molar-refractivity contribution in [1.82, 2.24) is 14.9 Å². The number of anilines is 2. The number of carbonyl (C=O) groups is 1. The van der Waals surface area contributed by atoms with Crippen molar-refractivity contribution in [3.05, 3.63) is 63.2 Å². The topological polar surface area (TPSA) is 99.3 Å². The maximum absolute atomic E-state index is 13.9. The van der Waals surface area contributed by atoms with E-state index in [9.17, 15) is 22.8 Å². The van der Waals surface area contributed by atoms with E-state index in [1.807, 2.05) is 13.0 Å². The molecule has 210 valence electrons. The van der Waals surface area contributed by atoms with Gasteiger partial charge in [-0.15, -0.1) is 0 Å². The molecule has 1 aliphatic rings. The Bertz CT molecular complexity index is 1420. The molecular weight excluding hydrogens is 511 g/mol. The van der Waals surface area contributed by atoms with E-state index in [-0.39, 0.29) is 24.0 Å². The molecule has 0 aliphatic carbocycles. The van der Waals surface area contributed by atoms with Gasteiger partial charge in [0.25, 0.3) is 5.56 Å². The van der Waals surface area contributed by atoms with Gasteiger partial charge in [0.15, 0.2) is 0 Å². The Hall–Kier alpha value is -3.76. The van der Waals surface area contributed by atoms with Crippen LogP contribution in [0.5, 0.6) is 0 Å². The third-order valence-electron chi connectivity index (χ3n) is 6.64. The minimum Gasteiger partial charge on any atom is -0.444 e. The molecule has 0 unspecified atom stereocenters. The minimum atomic E-state index is -4.57. The number of H-pyrrole nitrogens is 1. The summed E-state index contributed by atoms with van der Waals surface area (Å²) in [6.45, 7) is 9.97. The molecule has 1 saturated heterocycles. The van der Waals surface area contributed by atoms with Crippen LogP contribution in [0.2, 0.25) is 0 Å². The third-order valence-corrected chi connectivity index (χ3v) is 6.64. The number of fused-ring (bicyclic) bond motifs is 1. The highest BCUT2D eigenvalue weighted by molar-refractivity contribution is 6.00. The van der Waals surface area contributed by atoms with E-state index >= 15 is 0 Å². The van der Waals surface area contributed by atoms with E-state index in [0.29, 0.717) is 48.0 Å². The van der Waals surface area contributed by atoms with Crippen molar-refractivity contribution in [2.75, 3.05) is 23.7 Å². The van der Waals surface area contributed by atoms with Crippen molar-refractivity contribution in [2.45, 2.75) is 71.8 Å². The monoisotopic (exact) mass is 545 g/mol. The van der Waals surface area contributed by atoms with Crippen molar-refractivity contribution in [2.24, 2.45) is 0 Å². The average Bonchev–Trinajstić information content (AvgIpc) is 2.82. The Labute approximate surface area is 225 Å². The molecule has 0 spiro atoms. The summed E-state index contributed by atoms with van der Waals surface area (Å²) >= 11 is 0. The number of hydrogen-bond acceptors (Lipinski definition) is 6. The highest BCUT2D eigenvalue weighted by Crippen LogP contribution is 2.38. The number of aromatic nitrogens is 2. The van der Waals surface area contributed by atoms with Gasteiger partial charge in [0.05, 0.1) is 5.56 Å². The van der Waals surface area contributed by atoms with Crippen LogP contribution < -0.4 is 16.2 Å². The van der Waals surface area contributed by atoms with Crippen LogP contribution in [0.3, 0.4) is 0 Å². The number of pyridine rings is 2. The lowest BCUT2D eigenvalue weighted by molar-refractivity contribution is -0.137. The zero-order valence-corrected chi connectivity index (χ0v) is 22.8. The fraction of sp³-hybridized carbons (Fsp3) is 0.464. The molecule has 3 N–H and O–H groups in total. The number of hydrogen-bond donors (Lipinski definition) is 3. The van der Waals surface area contributed by atoms with Crippen molar-refractivity contribution >= 4 is 28.4 Å². The van der Waals surface area contributed by atoms with Gasteiger partial charge < -0.3 is 25.3 Å². The van der Waals surface area contributed by atoms with Gasteiger partial charge in [-0.25, -0.2) is 9.78 Å². The lowest BCUT2D eigenvalue weighted by Crippen LogP contribution is -2.44. The number of likely N-dealkylation sites (tertiary alicyclic amines) is 1. The standard InChI is InChI=1S/C28H34F3N5O3/c1-16-12-17(2)34-25(37)22(16)15-33-24-21-13-18(28(29,30)31)14-23(20(21)6-9-32-24)35-19-7-10-36(11-8-19)26(38)39-27(3,4)5/h6,9,12-14,19,35H,7-8,10-11,15H2,1-5H3,(H,32,33)(H,34,37). The number of alkyl halides is 3. The summed E-state index contributed by atoms with van der Waals surface area (Å²) < 4.78 is 47.1. The zero-order chi connectivity index (χ0) is 28.5. The predicted molar refractivity (Wildman–Crippen MR) is 145 cm³/mol. The van der Waals surface area contributed by atoms with E-state index in [4.69, 9.17) is 4.74 Å². The lowest BCUT2D eigenvalue weighted by atomic mass is 10.0. The maximum Gasteiger partial charge on any atom is 0.416 e. The lowest BCUT2D eigenvalue weighted by Gasteiger charge is -2.34. The van der Waals surface area contributed by atoms with E-state index in [1.165, 1.54) is 6.20 Å². The number of nitrogens with one attached hydrogen (secondary N) is 3. The highest BCUT2D eigenvalue weighted by atomic mass is 19.4. The number of piperidine rings is 1. The van der Waals surface area contributed by atoms with Crippen LogP contribution in [-0.4, -0.2) is 45.7 Å². The molecular formula is C28H34F3N5O3. The van der Waals surface area contributed by atoms with Crippen molar-refractivity contribution in [3.63, 3.8) is 0 Å². The van der Waals surface area contributed by atoms with Gasteiger partial charge in [-0.1, -0.05) is 0 Å². The average molecular weight is 546 g/mol. The summed E-state index contributed by atoms with van der Waals surface area (Å²) in [5.74, 6) is 0.251. The Balaban J connectivity index is 1.59. The summed E-state index contributed by atoms with van der Waals surface area (Å²) in [5, 5.41) is 7.21. The first-order chi connectivity index (χ1) is 18.2. The summed E-state index contributed by atoms with van der Waals surface area (Å²) in [6, 6.07) is 5.57. The van der Waals surface area contributed by atoms with Crippen molar-refractivity contribution < 1.29 is 22.7 Å². The summed E-state index contributed by atoms with van der Waals surface area (Å²) in [7, 11) is 0. The van der Waals surface area contributed by atoms with Crippen LogP contribution in [0, 0.1) is 13.8 Å². The fourth-order valence-electron chi connectivity index (χ4n) is 4.73. The maximum atomic E-state index is 13.9. The van der Waals surface area contributed by atoms with Crippen molar-refractivity contribution in [1.29, 1.82) is 0 Å². The molecule has 1 amide bonds. The molecule has 39 heavy (non-hydrogen) atoms. The smallest absolute Gasteiger partial charge is 0.416 e. The summed E-state index contributed by atoms with van der Waals surface area (Å²) in [6.07, 6.45) is -2.32. The van der Waals surface area contributed by atoms with E-state index in [0.717, 1.165) is 23.4 Å². The predicted octanol–water partition coefficient (Wildman–Crippen LogP) is 5.98. The molecule has 1 fully saturated rings. The Morgan fingerprint density at radius 2 is 1.82 bits per heavy atom. The number of carbonyl (C=O) groups excluding carboxylic acids is 1. The number of aromatic amines is 1. The van der Waals surface area contributed by atoms with Gasteiger partial charge >= 0.3 is 12.3 Å². The molecule has 0 radical (unpaired) electrons. The number of benzene rings is 1. The largest absolute Gasteiger partial charge is 0.444 e. The van der Waals surface area contributed by atoms with Crippen LogP contribution in [0.4, 0.5) is 29.5 Å². The molecule has 2 aromatic heterocycles. The fourth-order valence-corrected chi connectivity index (χ4v) is 4.73. The highest BCUT2D eigenvalue weighted by Gasteiger charge is 2.33. The molecule has 11 heteroatoms. The SMILES string of the molecule is Cc1cc(C)c(CNc2nccc3c(NC4CCN(C(=O)OC(C)(C)C)CC4)cc(C(F)(F)F)cc23)c(=O)[nH]1. The van der Waals surface area contributed by atoms with Crippen LogP contribution in [0.25, 0.3) is 10.8 Å². The molecule has 0 saturated carbocycles. The molecule has 1 aromatic carbocycles. The second-order valence-electron chi connectivity index (χ2n) is 11.0. The van der Waals surface area contributed by atoms with Gasteiger partial charge in [0, 0.05) is 59.6 Å². The van der Waals surface area contributed by atoms with Crippen LogP contribution in [-0.2, 0) is 17.5 Å². The van der Waals surface area contributed by atoms with E-state index in [2.05, 4.69) is 20.6 Å². The number of aryl methyl sites for hydroxylation is 2. The van der Waals surface area contributed by atoms with Gasteiger partial charge in [0.2, 0.25) is 0 Å². The van der Waals surface area contributed by atoms with Crippen LogP contribution in [0.1, 0.15) is 56.0 Å².